The second kappa shape index (κ2) is 8.41. The molecule has 3 rings (SSSR count). The van der Waals surface area contributed by atoms with Crippen LogP contribution in [0.1, 0.15) is 53.9 Å². The van der Waals surface area contributed by atoms with Crippen molar-refractivity contribution in [2.24, 2.45) is 10.9 Å². The van der Waals surface area contributed by atoms with E-state index in [1.54, 1.807) is 0 Å². The molecular weight excluding hydrogens is 352 g/mol. The molecule has 0 aromatic rings. The number of carbonyl (C=O) groups excluding carboxylic acids is 1. The molecule has 3 aliphatic rings. The smallest absolute Gasteiger partial charge is 0.410 e. The van der Waals surface area contributed by atoms with Crippen LogP contribution in [0.3, 0.4) is 0 Å². The molecule has 1 saturated carbocycles. The van der Waals surface area contributed by atoms with E-state index < -0.39 is 5.60 Å². The van der Waals surface area contributed by atoms with Crippen LogP contribution < -0.4 is 5.32 Å². The van der Waals surface area contributed by atoms with Gasteiger partial charge in [-0.15, -0.1) is 0 Å². The maximum absolute atomic E-state index is 12.3. The molecule has 2 fully saturated rings. The van der Waals surface area contributed by atoms with E-state index in [0.717, 1.165) is 25.3 Å². The van der Waals surface area contributed by atoms with Crippen LogP contribution >= 0.6 is 0 Å². The van der Waals surface area contributed by atoms with Gasteiger partial charge in [-0.05, 0) is 64.6 Å². The molecule has 0 atom stereocenters. The Morgan fingerprint density at radius 1 is 1.25 bits per heavy atom. The normalized spacial score (nSPS) is 22.3. The van der Waals surface area contributed by atoms with E-state index in [4.69, 9.17) is 4.74 Å². The summed E-state index contributed by atoms with van der Waals surface area (Å²) in [6, 6.07) is 0. The van der Waals surface area contributed by atoms with Gasteiger partial charge in [-0.3, -0.25) is 0 Å². The van der Waals surface area contributed by atoms with E-state index in [0.29, 0.717) is 19.0 Å². The van der Waals surface area contributed by atoms with Crippen molar-refractivity contribution in [1.82, 2.24) is 15.1 Å². The fourth-order valence-electron chi connectivity index (χ4n) is 3.56. The summed E-state index contributed by atoms with van der Waals surface area (Å²) in [5.74, 6) is 1.59. The van der Waals surface area contributed by atoms with Gasteiger partial charge in [0.1, 0.15) is 11.4 Å². The lowest BCUT2D eigenvalue weighted by atomic mass is 10.0. The number of ether oxygens (including phenoxy) is 1. The van der Waals surface area contributed by atoms with Gasteiger partial charge in [-0.1, -0.05) is 13.0 Å². The van der Waals surface area contributed by atoms with Crippen molar-refractivity contribution < 1.29 is 9.53 Å². The zero-order valence-corrected chi connectivity index (χ0v) is 17.9. The highest BCUT2D eigenvalue weighted by Crippen LogP contribution is 2.43. The Bertz CT molecular complexity index is 715. The first-order valence-corrected chi connectivity index (χ1v) is 10.4. The number of nitrogens with zero attached hydrogens (tertiary/aromatic N) is 3. The standard InChI is InChI=1S/C22H34N4O2/c1-6-7-10-23-20-19(18(15-24-20)17-8-9-17)16(2)25-11-13-26(14-12-25)21(27)28-22(3,4)5/h7,10,15,17H,6,8-9,11-14H2,1-5H3,(H,23,24)/b10-7+,19-16+. The molecule has 1 saturated heterocycles. The molecule has 6 heteroatoms. The molecule has 0 bridgehead atoms. The van der Waals surface area contributed by atoms with Crippen LogP contribution in [-0.4, -0.2) is 53.5 Å². The van der Waals surface area contributed by atoms with Crippen molar-refractivity contribution in [3.8, 4) is 0 Å². The van der Waals surface area contributed by atoms with Gasteiger partial charge in [-0.25, -0.2) is 9.79 Å². The predicted octanol–water partition coefficient (Wildman–Crippen LogP) is 4.03. The van der Waals surface area contributed by atoms with E-state index in [2.05, 4.69) is 35.1 Å². The summed E-state index contributed by atoms with van der Waals surface area (Å²) in [4.78, 5) is 21.2. The van der Waals surface area contributed by atoms with Crippen molar-refractivity contribution in [3.05, 3.63) is 35.3 Å². The molecule has 0 aromatic carbocycles. The Morgan fingerprint density at radius 3 is 2.46 bits per heavy atom. The van der Waals surface area contributed by atoms with Crippen LogP contribution in [0.5, 0.6) is 0 Å². The van der Waals surface area contributed by atoms with E-state index in [1.807, 2.05) is 38.1 Å². The van der Waals surface area contributed by atoms with E-state index >= 15 is 0 Å². The quantitative estimate of drug-likeness (QED) is 0.792. The van der Waals surface area contributed by atoms with Gasteiger partial charge in [0.05, 0.1) is 0 Å². The second-order valence-corrected chi connectivity index (χ2v) is 8.71. The summed E-state index contributed by atoms with van der Waals surface area (Å²) in [5, 5.41) is 3.37. The highest BCUT2D eigenvalue weighted by atomic mass is 16.6. The van der Waals surface area contributed by atoms with Crippen LogP contribution in [0.2, 0.25) is 0 Å². The largest absolute Gasteiger partial charge is 0.444 e. The number of allylic oxidation sites excluding steroid dienone is 2. The number of rotatable bonds is 4. The van der Waals surface area contributed by atoms with Gasteiger partial charge in [0, 0.05) is 43.6 Å². The minimum atomic E-state index is -0.455. The second-order valence-electron chi connectivity index (χ2n) is 8.71. The molecule has 2 heterocycles. The van der Waals surface area contributed by atoms with Crippen LogP contribution in [-0.2, 0) is 4.74 Å². The van der Waals surface area contributed by atoms with Crippen LogP contribution in [0, 0.1) is 5.92 Å². The number of nitrogens with one attached hydrogen (secondary N) is 1. The lowest BCUT2D eigenvalue weighted by molar-refractivity contribution is 0.0168. The molecule has 0 radical (unpaired) electrons. The zero-order valence-electron chi connectivity index (χ0n) is 17.9. The fraction of sp³-hybridized carbons (Fsp3) is 0.636. The van der Waals surface area contributed by atoms with Crippen LogP contribution in [0.15, 0.2) is 40.3 Å². The summed E-state index contributed by atoms with van der Waals surface area (Å²) in [6.07, 6.45) is 9.40. The average molecular weight is 387 g/mol. The van der Waals surface area contributed by atoms with Crippen LogP contribution in [0.25, 0.3) is 0 Å². The summed E-state index contributed by atoms with van der Waals surface area (Å²) >= 11 is 0. The highest BCUT2D eigenvalue weighted by Gasteiger charge is 2.35. The van der Waals surface area contributed by atoms with Crippen LogP contribution in [0.4, 0.5) is 4.79 Å². The molecule has 0 spiro atoms. The van der Waals surface area contributed by atoms with Gasteiger partial charge >= 0.3 is 6.09 Å². The Morgan fingerprint density at radius 2 is 1.89 bits per heavy atom. The Labute approximate surface area is 169 Å². The Balaban J connectivity index is 1.68. The first-order chi connectivity index (χ1) is 13.3. The van der Waals surface area contributed by atoms with Gasteiger partial charge in [-0.2, -0.15) is 0 Å². The van der Waals surface area contributed by atoms with Crippen molar-refractivity contribution >= 4 is 11.9 Å². The third kappa shape index (κ3) is 4.97. The summed E-state index contributed by atoms with van der Waals surface area (Å²) in [7, 11) is 0. The van der Waals surface area contributed by atoms with Gasteiger partial charge in [0.2, 0.25) is 0 Å². The number of amides is 1. The maximum Gasteiger partial charge on any atom is 0.410 e. The predicted molar refractivity (Wildman–Crippen MR) is 113 cm³/mol. The number of hydrogen-bond acceptors (Lipinski definition) is 5. The maximum atomic E-state index is 12.3. The number of aliphatic imine (C=N–C) groups is 1. The SMILES string of the molecule is CC/C=C/NC1=NC=C(C2CC2)/C1=C(/C)N1CCN(C(=O)OC(C)(C)C)CC1. The molecule has 6 nitrogen and oxygen atoms in total. The first-order valence-electron chi connectivity index (χ1n) is 10.4. The molecule has 0 unspecified atom stereocenters. The summed E-state index contributed by atoms with van der Waals surface area (Å²) < 4.78 is 5.51. The molecule has 1 amide bonds. The van der Waals surface area contributed by atoms with Crippen molar-refractivity contribution in [2.45, 2.75) is 59.5 Å². The van der Waals surface area contributed by atoms with Gasteiger partial charge in [0.25, 0.3) is 0 Å². The minimum absolute atomic E-state index is 0.217. The molecule has 28 heavy (non-hydrogen) atoms. The lowest BCUT2D eigenvalue weighted by Gasteiger charge is -2.38. The molecule has 2 aliphatic heterocycles. The van der Waals surface area contributed by atoms with E-state index in [1.165, 1.54) is 29.7 Å². The molecule has 0 aromatic heterocycles. The number of hydrogen-bond donors (Lipinski definition) is 1. The molecule has 1 N–H and O–H groups in total. The monoisotopic (exact) mass is 386 g/mol. The van der Waals surface area contributed by atoms with E-state index in [9.17, 15) is 4.79 Å². The number of amidine groups is 1. The van der Waals surface area contributed by atoms with E-state index in [-0.39, 0.29) is 6.09 Å². The number of carbonyl (C=O) groups is 1. The Kier molecular flexibility index (Phi) is 6.16. The van der Waals surface area contributed by atoms with Gasteiger partial charge in [0.15, 0.2) is 0 Å². The zero-order chi connectivity index (χ0) is 20.3. The average Bonchev–Trinajstić information content (AvgIpc) is 3.40. The minimum Gasteiger partial charge on any atom is -0.444 e. The topological polar surface area (TPSA) is 57.2 Å². The van der Waals surface area contributed by atoms with Crippen molar-refractivity contribution in [1.29, 1.82) is 0 Å². The third-order valence-corrected chi connectivity index (χ3v) is 5.22. The first kappa shape index (κ1) is 20.5. The summed E-state index contributed by atoms with van der Waals surface area (Å²) in [5.41, 5.74) is 3.40. The summed E-state index contributed by atoms with van der Waals surface area (Å²) in [6.45, 7) is 13.0. The van der Waals surface area contributed by atoms with Crippen molar-refractivity contribution in [2.75, 3.05) is 26.2 Å². The fourth-order valence-corrected chi connectivity index (χ4v) is 3.56. The number of piperazine rings is 1. The molecule has 154 valence electrons. The van der Waals surface area contributed by atoms with Gasteiger partial charge < -0.3 is 19.9 Å². The third-order valence-electron chi connectivity index (χ3n) is 5.22. The van der Waals surface area contributed by atoms with Crippen molar-refractivity contribution in [3.63, 3.8) is 0 Å². The molecular formula is C22H34N4O2. The lowest BCUT2D eigenvalue weighted by Crippen LogP contribution is -2.49. The Hall–Kier alpha value is -2.24. The highest BCUT2D eigenvalue weighted by molar-refractivity contribution is 6.06. The molecule has 1 aliphatic carbocycles.